The van der Waals surface area contributed by atoms with Gasteiger partial charge in [-0.1, -0.05) is 0 Å². The number of benzene rings is 1. The maximum Gasteiger partial charge on any atom is 0.163 e. The molecule has 0 unspecified atom stereocenters. The Morgan fingerprint density at radius 2 is 2.27 bits per heavy atom. The first-order valence-corrected chi connectivity index (χ1v) is 4.58. The molecule has 0 aromatic heterocycles. The molecule has 0 aliphatic heterocycles. The molecule has 1 aromatic carbocycles. The van der Waals surface area contributed by atoms with Crippen molar-refractivity contribution in [3.8, 4) is 11.8 Å². The van der Waals surface area contributed by atoms with Gasteiger partial charge in [0.1, 0.15) is 17.4 Å². The van der Waals surface area contributed by atoms with Gasteiger partial charge in [-0.15, -0.1) is 0 Å². The van der Waals surface area contributed by atoms with Crippen LogP contribution in [0.5, 0.6) is 5.75 Å². The van der Waals surface area contributed by atoms with Crippen molar-refractivity contribution in [1.82, 2.24) is 0 Å². The number of nitrogen functional groups attached to an aromatic ring is 1. The first-order chi connectivity index (χ1) is 7.11. The van der Waals surface area contributed by atoms with Crippen LogP contribution in [0.1, 0.15) is 29.8 Å². The van der Waals surface area contributed by atoms with Crippen LogP contribution in [0.2, 0.25) is 0 Å². The van der Waals surface area contributed by atoms with Gasteiger partial charge < -0.3 is 10.5 Å². The maximum absolute atomic E-state index is 11.3. The van der Waals surface area contributed by atoms with Crippen LogP contribution in [0.3, 0.4) is 0 Å². The number of Topliss-reactive ketones (excluding diaryl/α,β-unsaturated/α-hetero) is 1. The van der Waals surface area contributed by atoms with Gasteiger partial charge in [0.05, 0.1) is 17.9 Å². The Balaban J connectivity index is 3.43. The Morgan fingerprint density at radius 3 is 2.73 bits per heavy atom. The number of nitriles is 1. The fourth-order valence-corrected chi connectivity index (χ4v) is 1.28. The summed E-state index contributed by atoms with van der Waals surface area (Å²) < 4.78 is 5.28. The van der Waals surface area contributed by atoms with E-state index >= 15 is 0 Å². The van der Waals surface area contributed by atoms with Gasteiger partial charge in [0.15, 0.2) is 5.78 Å². The SMILES string of the molecule is CCOc1c(C(C)=O)ccc(N)c1C#N. The number of hydrogen-bond acceptors (Lipinski definition) is 4. The average Bonchev–Trinajstić information content (AvgIpc) is 2.18. The summed E-state index contributed by atoms with van der Waals surface area (Å²) in [6.45, 7) is 3.60. The highest BCUT2D eigenvalue weighted by atomic mass is 16.5. The fourth-order valence-electron chi connectivity index (χ4n) is 1.28. The highest BCUT2D eigenvalue weighted by molar-refractivity contribution is 5.98. The van der Waals surface area contributed by atoms with Crippen molar-refractivity contribution < 1.29 is 9.53 Å². The minimum Gasteiger partial charge on any atom is -0.492 e. The molecular formula is C11H12N2O2. The number of carbonyl (C=O) groups excluding carboxylic acids is 1. The summed E-state index contributed by atoms with van der Waals surface area (Å²) >= 11 is 0. The molecule has 2 N–H and O–H groups in total. The Morgan fingerprint density at radius 1 is 1.60 bits per heavy atom. The number of rotatable bonds is 3. The van der Waals surface area contributed by atoms with E-state index in [4.69, 9.17) is 15.7 Å². The van der Waals surface area contributed by atoms with E-state index in [1.165, 1.54) is 13.0 Å². The number of carbonyl (C=O) groups is 1. The summed E-state index contributed by atoms with van der Waals surface area (Å²) in [5, 5.41) is 8.91. The van der Waals surface area contributed by atoms with E-state index < -0.39 is 0 Å². The molecule has 1 aromatic rings. The van der Waals surface area contributed by atoms with Gasteiger partial charge in [-0.2, -0.15) is 5.26 Å². The van der Waals surface area contributed by atoms with Crippen LogP contribution < -0.4 is 10.5 Å². The van der Waals surface area contributed by atoms with Gasteiger partial charge in [0.25, 0.3) is 0 Å². The lowest BCUT2D eigenvalue weighted by molar-refractivity contribution is 0.101. The van der Waals surface area contributed by atoms with E-state index in [1.807, 2.05) is 6.07 Å². The maximum atomic E-state index is 11.3. The molecule has 78 valence electrons. The molecule has 4 heteroatoms. The zero-order valence-electron chi connectivity index (χ0n) is 8.70. The van der Waals surface area contributed by atoms with Crippen LogP contribution in [0.15, 0.2) is 12.1 Å². The predicted octanol–water partition coefficient (Wildman–Crippen LogP) is 1.74. The Labute approximate surface area is 88.3 Å². The lowest BCUT2D eigenvalue weighted by Gasteiger charge is -2.11. The van der Waals surface area contributed by atoms with Crippen LogP contribution in [0.25, 0.3) is 0 Å². The van der Waals surface area contributed by atoms with Crippen molar-refractivity contribution in [1.29, 1.82) is 5.26 Å². The molecule has 0 fully saturated rings. The summed E-state index contributed by atoms with van der Waals surface area (Å²) in [7, 11) is 0. The molecule has 0 bridgehead atoms. The smallest absolute Gasteiger partial charge is 0.163 e. The summed E-state index contributed by atoms with van der Waals surface area (Å²) in [5.74, 6) is 0.141. The Bertz CT molecular complexity index is 433. The third kappa shape index (κ3) is 2.08. The zero-order chi connectivity index (χ0) is 11.4. The number of ketones is 1. The van der Waals surface area contributed by atoms with Gasteiger partial charge in [-0.3, -0.25) is 4.79 Å². The average molecular weight is 204 g/mol. The molecule has 0 aliphatic carbocycles. The van der Waals surface area contributed by atoms with Gasteiger partial charge in [0.2, 0.25) is 0 Å². The molecule has 4 nitrogen and oxygen atoms in total. The molecule has 0 aliphatic rings. The van der Waals surface area contributed by atoms with Crippen LogP contribution in [0.4, 0.5) is 5.69 Å². The van der Waals surface area contributed by atoms with Crippen molar-refractivity contribution in [2.45, 2.75) is 13.8 Å². The Hall–Kier alpha value is -2.02. The van der Waals surface area contributed by atoms with E-state index in [0.29, 0.717) is 17.9 Å². The minimum atomic E-state index is -0.144. The number of hydrogen-bond donors (Lipinski definition) is 1. The van der Waals surface area contributed by atoms with E-state index in [1.54, 1.807) is 13.0 Å². The minimum absolute atomic E-state index is 0.144. The highest BCUT2D eigenvalue weighted by Gasteiger charge is 2.15. The first kappa shape index (κ1) is 11.1. The largest absolute Gasteiger partial charge is 0.492 e. The van der Waals surface area contributed by atoms with E-state index in [0.717, 1.165) is 0 Å². The van der Waals surface area contributed by atoms with Crippen LogP contribution in [0, 0.1) is 11.3 Å². The van der Waals surface area contributed by atoms with Crippen LogP contribution in [-0.2, 0) is 0 Å². The summed E-state index contributed by atoms with van der Waals surface area (Å²) in [5.41, 5.74) is 6.56. The summed E-state index contributed by atoms with van der Waals surface area (Å²) in [6.07, 6.45) is 0. The molecule has 0 radical (unpaired) electrons. The van der Waals surface area contributed by atoms with E-state index in [9.17, 15) is 4.79 Å². The lowest BCUT2D eigenvalue weighted by atomic mass is 10.0. The predicted molar refractivity (Wildman–Crippen MR) is 56.7 cm³/mol. The van der Waals surface area contributed by atoms with Crippen molar-refractivity contribution in [2.24, 2.45) is 0 Å². The monoisotopic (exact) mass is 204 g/mol. The summed E-state index contributed by atoms with van der Waals surface area (Å²) in [4.78, 5) is 11.3. The van der Waals surface area contributed by atoms with Crippen molar-refractivity contribution in [3.63, 3.8) is 0 Å². The summed E-state index contributed by atoms with van der Waals surface area (Å²) in [6, 6.07) is 5.05. The fraction of sp³-hybridized carbons (Fsp3) is 0.273. The van der Waals surface area contributed by atoms with Gasteiger partial charge in [0, 0.05) is 0 Å². The number of nitrogens with two attached hydrogens (primary N) is 1. The standard InChI is InChI=1S/C11H12N2O2/c1-3-15-11-8(7(2)14)4-5-10(13)9(11)6-12/h4-5H,3,13H2,1-2H3. The molecule has 0 atom stereocenters. The molecule has 0 saturated heterocycles. The number of ether oxygens (including phenoxy) is 1. The lowest BCUT2D eigenvalue weighted by Crippen LogP contribution is -2.05. The second kappa shape index (κ2) is 4.47. The van der Waals surface area contributed by atoms with Crippen LogP contribution >= 0.6 is 0 Å². The van der Waals surface area contributed by atoms with Gasteiger partial charge in [-0.25, -0.2) is 0 Å². The molecule has 0 amide bonds. The Kier molecular flexibility index (Phi) is 3.29. The van der Waals surface area contributed by atoms with Crippen LogP contribution in [-0.4, -0.2) is 12.4 Å². The normalized spacial score (nSPS) is 9.40. The van der Waals surface area contributed by atoms with E-state index in [-0.39, 0.29) is 17.1 Å². The van der Waals surface area contributed by atoms with E-state index in [2.05, 4.69) is 0 Å². The molecule has 0 saturated carbocycles. The quantitative estimate of drug-likeness (QED) is 0.601. The molecule has 15 heavy (non-hydrogen) atoms. The molecule has 0 spiro atoms. The molecular weight excluding hydrogens is 192 g/mol. The third-order valence-corrected chi connectivity index (χ3v) is 1.97. The molecule has 0 heterocycles. The van der Waals surface area contributed by atoms with Crippen molar-refractivity contribution >= 4 is 11.5 Å². The second-order valence-corrected chi connectivity index (χ2v) is 3.01. The zero-order valence-corrected chi connectivity index (χ0v) is 8.70. The van der Waals surface area contributed by atoms with Crippen molar-refractivity contribution in [2.75, 3.05) is 12.3 Å². The second-order valence-electron chi connectivity index (χ2n) is 3.01. The topological polar surface area (TPSA) is 76.1 Å². The van der Waals surface area contributed by atoms with Gasteiger partial charge in [-0.05, 0) is 26.0 Å². The first-order valence-electron chi connectivity index (χ1n) is 4.58. The highest BCUT2D eigenvalue weighted by Crippen LogP contribution is 2.28. The molecule has 1 rings (SSSR count). The number of anilines is 1. The third-order valence-electron chi connectivity index (χ3n) is 1.97. The van der Waals surface area contributed by atoms with Crippen molar-refractivity contribution in [3.05, 3.63) is 23.3 Å². The number of nitrogens with zero attached hydrogens (tertiary/aromatic N) is 1. The van der Waals surface area contributed by atoms with Gasteiger partial charge >= 0.3 is 0 Å².